The predicted octanol–water partition coefficient (Wildman–Crippen LogP) is 3.14. The fourth-order valence-corrected chi connectivity index (χ4v) is 2.17. The number of hydrogen-bond donors (Lipinski definition) is 1. The molecule has 2 aromatic carbocycles. The van der Waals surface area contributed by atoms with Crippen molar-refractivity contribution in [2.45, 2.75) is 6.54 Å². The second-order valence-electron chi connectivity index (χ2n) is 4.49. The van der Waals surface area contributed by atoms with Crippen molar-refractivity contribution < 1.29 is 18.7 Å². The first kappa shape index (κ1) is 13.7. The van der Waals surface area contributed by atoms with Crippen molar-refractivity contribution in [1.29, 1.82) is 0 Å². The van der Waals surface area contributed by atoms with Gasteiger partial charge < -0.3 is 14.8 Å². The van der Waals surface area contributed by atoms with Gasteiger partial charge in [0.05, 0.1) is 5.56 Å². The zero-order valence-electron chi connectivity index (χ0n) is 10.9. The molecule has 0 saturated carbocycles. The van der Waals surface area contributed by atoms with Gasteiger partial charge in [-0.3, -0.25) is 4.79 Å². The van der Waals surface area contributed by atoms with Crippen LogP contribution in [0.25, 0.3) is 0 Å². The molecule has 0 fully saturated rings. The van der Waals surface area contributed by atoms with Gasteiger partial charge in [-0.15, -0.1) is 0 Å². The summed E-state index contributed by atoms with van der Waals surface area (Å²) >= 11 is 5.76. The summed E-state index contributed by atoms with van der Waals surface area (Å²) in [6.07, 6.45) is 0. The van der Waals surface area contributed by atoms with E-state index in [-0.39, 0.29) is 18.9 Å². The first-order valence-corrected chi connectivity index (χ1v) is 6.63. The lowest BCUT2D eigenvalue weighted by atomic mass is 10.1. The molecule has 108 valence electrons. The van der Waals surface area contributed by atoms with E-state index in [1.54, 1.807) is 12.1 Å². The number of nitrogens with one attached hydrogen (secondary N) is 1. The van der Waals surface area contributed by atoms with Gasteiger partial charge >= 0.3 is 0 Å². The maximum Gasteiger partial charge on any atom is 0.254 e. The molecule has 4 nitrogen and oxygen atoms in total. The van der Waals surface area contributed by atoms with E-state index < -0.39 is 11.7 Å². The molecule has 3 rings (SSSR count). The van der Waals surface area contributed by atoms with Crippen LogP contribution in [-0.4, -0.2) is 12.7 Å². The van der Waals surface area contributed by atoms with Gasteiger partial charge in [0, 0.05) is 11.6 Å². The third kappa shape index (κ3) is 2.92. The van der Waals surface area contributed by atoms with E-state index in [0.717, 1.165) is 11.6 Å². The quantitative estimate of drug-likeness (QED) is 0.947. The third-order valence-corrected chi connectivity index (χ3v) is 3.30. The van der Waals surface area contributed by atoms with Crippen molar-refractivity contribution in [3.05, 3.63) is 58.4 Å². The van der Waals surface area contributed by atoms with Gasteiger partial charge in [-0.2, -0.15) is 0 Å². The zero-order valence-corrected chi connectivity index (χ0v) is 11.6. The highest BCUT2D eigenvalue weighted by atomic mass is 35.5. The van der Waals surface area contributed by atoms with E-state index in [0.29, 0.717) is 16.5 Å². The average molecular weight is 308 g/mol. The second kappa shape index (κ2) is 5.61. The molecular formula is C15H11ClFNO3. The topological polar surface area (TPSA) is 47.6 Å². The highest BCUT2D eigenvalue weighted by Crippen LogP contribution is 2.32. The van der Waals surface area contributed by atoms with Gasteiger partial charge in [-0.05, 0) is 35.9 Å². The molecule has 1 aliphatic heterocycles. The lowest BCUT2D eigenvalue weighted by molar-refractivity contribution is 0.0947. The van der Waals surface area contributed by atoms with Crippen LogP contribution in [0.1, 0.15) is 15.9 Å². The molecule has 0 aromatic heterocycles. The van der Waals surface area contributed by atoms with Crippen LogP contribution in [0.4, 0.5) is 4.39 Å². The van der Waals surface area contributed by atoms with Crippen LogP contribution >= 0.6 is 11.6 Å². The number of amides is 1. The van der Waals surface area contributed by atoms with E-state index in [4.69, 9.17) is 21.1 Å². The minimum absolute atomic E-state index is 0.0803. The lowest BCUT2D eigenvalue weighted by Crippen LogP contribution is -2.23. The number of carbonyl (C=O) groups excluding carboxylic acids is 1. The van der Waals surface area contributed by atoms with Crippen molar-refractivity contribution >= 4 is 17.5 Å². The standard InChI is InChI=1S/C15H11ClFNO3/c16-10-2-3-12(17)11(6-10)15(19)18-7-9-1-4-13-14(5-9)21-8-20-13/h1-6H,7-8H2,(H,18,19). The van der Waals surface area contributed by atoms with Crippen molar-refractivity contribution in [2.75, 3.05) is 6.79 Å². The van der Waals surface area contributed by atoms with Crippen LogP contribution in [0.5, 0.6) is 11.5 Å². The predicted molar refractivity (Wildman–Crippen MR) is 75.1 cm³/mol. The minimum atomic E-state index is -0.609. The van der Waals surface area contributed by atoms with Crippen LogP contribution in [-0.2, 0) is 6.54 Å². The van der Waals surface area contributed by atoms with Crippen molar-refractivity contribution in [3.63, 3.8) is 0 Å². The summed E-state index contributed by atoms with van der Waals surface area (Å²) in [5.41, 5.74) is 0.748. The van der Waals surface area contributed by atoms with E-state index in [2.05, 4.69) is 5.32 Å². The van der Waals surface area contributed by atoms with Crippen molar-refractivity contribution in [2.24, 2.45) is 0 Å². The Morgan fingerprint density at radius 2 is 2.00 bits per heavy atom. The summed E-state index contributed by atoms with van der Waals surface area (Å²) in [6, 6.07) is 9.21. The second-order valence-corrected chi connectivity index (χ2v) is 4.93. The highest BCUT2D eigenvalue weighted by molar-refractivity contribution is 6.31. The van der Waals surface area contributed by atoms with E-state index in [1.165, 1.54) is 12.1 Å². The largest absolute Gasteiger partial charge is 0.454 e. The maximum atomic E-state index is 13.6. The Kier molecular flexibility index (Phi) is 3.66. The fraction of sp³-hybridized carbons (Fsp3) is 0.133. The van der Waals surface area contributed by atoms with Gasteiger partial charge in [-0.25, -0.2) is 4.39 Å². The highest BCUT2D eigenvalue weighted by Gasteiger charge is 2.15. The van der Waals surface area contributed by atoms with E-state index in [1.807, 2.05) is 6.07 Å². The molecule has 0 radical (unpaired) electrons. The maximum absolute atomic E-state index is 13.6. The van der Waals surface area contributed by atoms with Crippen LogP contribution in [0.2, 0.25) is 5.02 Å². The molecule has 0 atom stereocenters. The van der Waals surface area contributed by atoms with Crippen LogP contribution in [0, 0.1) is 5.82 Å². The summed E-state index contributed by atoms with van der Waals surface area (Å²) in [7, 11) is 0. The lowest BCUT2D eigenvalue weighted by Gasteiger charge is -2.07. The molecule has 0 spiro atoms. The van der Waals surface area contributed by atoms with Crippen LogP contribution in [0.15, 0.2) is 36.4 Å². The van der Waals surface area contributed by atoms with Gasteiger partial charge in [-0.1, -0.05) is 17.7 Å². The molecule has 6 heteroatoms. The van der Waals surface area contributed by atoms with Gasteiger partial charge in [0.15, 0.2) is 11.5 Å². The normalized spacial score (nSPS) is 12.3. The Balaban J connectivity index is 1.70. The summed E-state index contributed by atoms with van der Waals surface area (Å²) in [5, 5.41) is 2.95. The van der Waals surface area contributed by atoms with Crippen molar-refractivity contribution in [1.82, 2.24) is 5.32 Å². The first-order chi connectivity index (χ1) is 10.1. The molecule has 21 heavy (non-hydrogen) atoms. The molecule has 1 N–H and O–H groups in total. The number of ether oxygens (including phenoxy) is 2. The number of carbonyl (C=O) groups is 1. The number of hydrogen-bond acceptors (Lipinski definition) is 3. The molecule has 0 saturated heterocycles. The Bertz CT molecular complexity index is 705. The summed E-state index contributed by atoms with van der Waals surface area (Å²) in [6.45, 7) is 0.445. The van der Waals surface area contributed by atoms with Gasteiger partial charge in [0.2, 0.25) is 6.79 Å². The van der Waals surface area contributed by atoms with Crippen LogP contribution in [0.3, 0.4) is 0 Å². The smallest absolute Gasteiger partial charge is 0.254 e. The SMILES string of the molecule is O=C(NCc1ccc2c(c1)OCO2)c1cc(Cl)ccc1F. The van der Waals surface area contributed by atoms with Gasteiger partial charge in [0.25, 0.3) is 5.91 Å². The van der Waals surface area contributed by atoms with Gasteiger partial charge in [0.1, 0.15) is 5.82 Å². The molecule has 2 aromatic rings. The van der Waals surface area contributed by atoms with E-state index >= 15 is 0 Å². The van der Waals surface area contributed by atoms with E-state index in [9.17, 15) is 9.18 Å². The Hall–Kier alpha value is -2.27. The molecule has 0 bridgehead atoms. The number of halogens is 2. The zero-order chi connectivity index (χ0) is 14.8. The third-order valence-electron chi connectivity index (χ3n) is 3.06. The molecule has 1 aliphatic rings. The van der Waals surface area contributed by atoms with Crippen molar-refractivity contribution in [3.8, 4) is 11.5 Å². The minimum Gasteiger partial charge on any atom is -0.454 e. The summed E-state index contributed by atoms with van der Waals surface area (Å²) in [4.78, 5) is 12.0. The molecule has 1 heterocycles. The Morgan fingerprint density at radius 1 is 1.19 bits per heavy atom. The number of rotatable bonds is 3. The molecule has 1 amide bonds. The molecule has 0 aliphatic carbocycles. The Morgan fingerprint density at radius 3 is 2.86 bits per heavy atom. The average Bonchev–Trinajstić information content (AvgIpc) is 2.94. The van der Waals surface area contributed by atoms with Crippen LogP contribution < -0.4 is 14.8 Å². The fourth-order valence-electron chi connectivity index (χ4n) is 2.00. The number of fused-ring (bicyclic) bond motifs is 1. The monoisotopic (exact) mass is 307 g/mol. The summed E-state index contributed by atoms with van der Waals surface area (Å²) in [5.74, 6) is 0.178. The summed E-state index contributed by atoms with van der Waals surface area (Å²) < 4.78 is 24.0. The molecular weight excluding hydrogens is 297 g/mol. The Labute approximate surface area is 125 Å². The molecule has 0 unspecified atom stereocenters. The number of benzene rings is 2. The first-order valence-electron chi connectivity index (χ1n) is 6.25.